The fraction of sp³-hybridized carbons (Fsp3) is 0.280. The minimum atomic E-state index is -2.77. The Hall–Kier alpha value is -4.32. The van der Waals surface area contributed by atoms with E-state index < -0.39 is 19.0 Å². The molecule has 0 unspecified atom stereocenters. The van der Waals surface area contributed by atoms with Crippen molar-refractivity contribution in [3.05, 3.63) is 52.6 Å². The molecule has 12 heteroatoms. The lowest BCUT2D eigenvalue weighted by Gasteiger charge is -2.23. The number of aromatic nitrogens is 4. The van der Waals surface area contributed by atoms with E-state index >= 15 is 0 Å². The van der Waals surface area contributed by atoms with Crippen molar-refractivity contribution < 1.29 is 27.9 Å². The van der Waals surface area contributed by atoms with Gasteiger partial charge in [-0.15, -0.1) is 0 Å². The predicted octanol–water partition coefficient (Wildman–Crippen LogP) is 3.42. The van der Waals surface area contributed by atoms with Crippen molar-refractivity contribution in [3.63, 3.8) is 0 Å². The summed E-state index contributed by atoms with van der Waals surface area (Å²) < 4.78 is 42.5. The Morgan fingerprint density at radius 3 is 2.97 bits per heavy atom. The Labute approximate surface area is 220 Å². The summed E-state index contributed by atoms with van der Waals surface area (Å²) in [6.07, 6.45) is 2.88. The molecule has 1 N–H and O–H groups in total. The highest BCUT2D eigenvalue weighted by atomic mass is 32.1. The van der Waals surface area contributed by atoms with E-state index in [2.05, 4.69) is 15.3 Å². The molecule has 0 atom stereocenters. The highest BCUT2D eigenvalue weighted by Gasteiger charge is 2.33. The third kappa shape index (κ3) is 3.99. The summed E-state index contributed by atoms with van der Waals surface area (Å²) in [5, 5.41) is 15.3. The number of ether oxygens (including phenoxy) is 3. The number of carbonyl (C=O) groups excluding carboxylic acids is 2. The number of hydrogen-bond acceptors (Lipinski definition) is 8. The number of H-pyrrole nitrogens is 1. The van der Waals surface area contributed by atoms with Crippen LogP contribution in [0, 0.1) is 0 Å². The molecule has 0 spiro atoms. The normalized spacial score (nSPS) is 15.6. The summed E-state index contributed by atoms with van der Waals surface area (Å²) >= 11 is 1.47. The van der Waals surface area contributed by atoms with Gasteiger partial charge in [-0.25, -0.2) is 9.48 Å². The van der Waals surface area contributed by atoms with Crippen molar-refractivity contribution in [1.29, 1.82) is 0 Å². The average molecular weight is 524 g/mol. The van der Waals surface area contributed by atoms with Crippen LogP contribution in [-0.2, 0) is 11.3 Å². The number of likely N-dealkylation sites (N-methyl/N-ethyl adjacent to an activating group) is 1. The maximum absolute atomic E-state index is 13.9. The number of benzene rings is 1. The number of methoxy groups -OCH3 is 1. The maximum atomic E-state index is 13.9. The largest absolute Gasteiger partial charge is 0.496 e. The van der Waals surface area contributed by atoms with Crippen molar-refractivity contribution in [3.8, 4) is 39.6 Å². The van der Waals surface area contributed by atoms with Crippen LogP contribution in [0.5, 0.6) is 11.5 Å². The molecule has 1 fully saturated rings. The molecular weight excluding hydrogens is 496 g/mol. The molecule has 2 aliphatic rings. The van der Waals surface area contributed by atoms with Gasteiger partial charge in [0, 0.05) is 64.1 Å². The van der Waals surface area contributed by atoms with Crippen molar-refractivity contribution in [2.24, 2.45) is 0 Å². The third-order valence-electron chi connectivity index (χ3n) is 6.36. The van der Waals surface area contributed by atoms with Gasteiger partial charge in [-0.2, -0.15) is 21.5 Å². The van der Waals surface area contributed by atoms with E-state index in [4.69, 9.17) is 18.3 Å². The van der Waals surface area contributed by atoms with Crippen LogP contribution in [0.2, 0.25) is 0 Å². The molecule has 1 saturated heterocycles. The lowest BCUT2D eigenvalue weighted by atomic mass is 9.97. The number of cyclic esters (lactones) is 1. The quantitative estimate of drug-likeness (QED) is 0.395. The lowest BCUT2D eigenvalue weighted by Crippen LogP contribution is -2.37. The van der Waals surface area contributed by atoms with Gasteiger partial charge < -0.3 is 24.0 Å². The zero-order chi connectivity index (χ0) is 28.0. The number of aromatic amines is 1. The highest BCUT2D eigenvalue weighted by Crippen LogP contribution is 2.46. The molecule has 190 valence electrons. The van der Waals surface area contributed by atoms with E-state index in [1.54, 1.807) is 30.3 Å². The number of nitrogens with zero attached hydrogens (tertiary/aromatic N) is 5. The number of thiophene rings is 1. The molecule has 0 bridgehead atoms. The molecule has 4 aromatic rings. The number of hydrogen-bond donors (Lipinski definition) is 1. The van der Waals surface area contributed by atoms with Crippen molar-refractivity contribution in [1.82, 2.24) is 29.8 Å². The summed E-state index contributed by atoms with van der Waals surface area (Å²) in [6.45, 7) is -2.42. The molecule has 2 aliphatic heterocycles. The molecule has 2 amide bonds. The minimum absolute atomic E-state index is 0.00491. The number of rotatable bonds is 7. The molecular formula is C25H24N6O5S. The van der Waals surface area contributed by atoms with E-state index in [-0.39, 0.29) is 32.0 Å². The third-order valence-corrected chi connectivity index (χ3v) is 7.03. The summed E-state index contributed by atoms with van der Waals surface area (Å²) in [7, 11) is 1.57. The van der Waals surface area contributed by atoms with Gasteiger partial charge >= 0.3 is 6.09 Å². The fourth-order valence-corrected chi connectivity index (χ4v) is 5.10. The standard InChI is InChI=1S/C25H24N6O5S/c1-29(4-5-30-6-7-35-25(30)33)24(32)22-19-13-36-21-10-20(34-2)17(15-11-26-27-12-15)9-18(21)23(19)31(28-22)16-3-8-37-14-16/h3,8-12,14H,4-7,13H2,1-2H3,(H,26,27)/i1D3. The van der Waals surface area contributed by atoms with Crippen LogP contribution < -0.4 is 9.47 Å². The van der Waals surface area contributed by atoms with Gasteiger partial charge in [0.25, 0.3) is 5.91 Å². The Morgan fingerprint density at radius 2 is 2.27 bits per heavy atom. The van der Waals surface area contributed by atoms with Crippen LogP contribution in [0.25, 0.3) is 28.1 Å². The molecule has 0 radical (unpaired) electrons. The number of fused-ring (bicyclic) bond motifs is 3. The molecule has 0 saturated carbocycles. The summed E-state index contributed by atoms with van der Waals surface area (Å²) in [5.41, 5.74) is 3.96. The summed E-state index contributed by atoms with van der Waals surface area (Å²) in [5.74, 6) is 0.330. The molecule has 11 nitrogen and oxygen atoms in total. The first-order chi connectivity index (χ1) is 19.3. The van der Waals surface area contributed by atoms with Crippen LogP contribution >= 0.6 is 11.3 Å². The molecule has 1 aromatic carbocycles. The van der Waals surface area contributed by atoms with E-state index in [1.807, 2.05) is 22.9 Å². The average Bonchev–Trinajstić information content (AvgIpc) is 3.74. The van der Waals surface area contributed by atoms with Crippen molar-refractivity contribution >= 4 is 23.3 Å². The predicted molar refractivity (Wildman–Crippen MR) is 135 cm³/mol. The van der Waals surface area contributed by atoms with Gasteiger partial charge in [0.05, 0.1) is 31.2 Å². The summed E-state index contributed by atoms with van der Waals surface area (Å²) in [6, 6.07) is 5.52. The van der Waals surface area contributed by atoms with Crippen LogP contribution in [-0.4, -0.2) is 82.1 Å². The topological polar surface area (TPSA) is 115 Å². The fourth-order valence-electron chi connectivity index (χ4n) is 4.49. The smallest absolute Gasteiger partial charge is 0.409 e. The number of amides is 2. The minimum Gasteiger partial charge on any atom is -0.496 e. The van der Waals surface area contributed by atoms with Crippen molar-refractivity contribution in [2.45, 2.75) is 6.61 Å². The van der Waals surface area contributed by atoms with Gasteiger partial charge in [-0.3, -0.25) is 9.89 Å². The molecule has 0 aliphatic carbocycles. The zero-order valence-corrected chi connectivity index (χ0v) is 20.6. The highest BCUT2D eigenvalue weighted by molar-refractivity contribution is 7.08. The second kappa shape index (κ2) is 9.28. The van der Waals surface area contributed by atoms with Crippen molar-refractivity contribution in [2.75, 3.05) is 40.3 Å². The summed E-state index contributed by atoms with van der Waals surface area (Å²) in [4.78, 5) is 27.9. The van der Waals surface area contributed by atoms with Gasteiger partial charge in [0.15, 0.2) is 5.69 Å². The van der Waals surface area contributed by atoms with E-state index in [1.165, 1.54) is 16.2 Å². The first-order valence-electron chi connectivity index (χ1n) is 13.0. The second-order valence-electron chi connectivity index (χ2n) is 8.45. The first-order valence-corrected chi connectivity index (χ1v) is 12.4. The van der Waals surface area contributed by atoms with Gasteiger partial charge in [-0.05, 0) is 17.5 Å². The van der Waals surface area contributed by atoms with Gasteiger partial charge in [0.2, 0.25) is 0 Å². The number of carbonyl (C=O) groups is 2. The van der Waals surface area contributed by atoms with Gasteiger partial charge in [0.1, 0.15) is 24.7 Å². The molecule has 6 rings (SSSR count). The maximum Gasteiger partial charge on any atom is 0.409 e. The Balaban J connectivity index is 1.46. The lowest BCUT2D eigenvalue weighted by molar-refractivity contribution is 0.0773. The zero-order valence-electron chi connectivity index (χ0n) is 22.8. The Morgan fingerprint density at radius 1 is 1.35 bits per heavy atom. The van der Waals surface area contributed by atoms with Crippen LogP contribution in [0.15, 0.2) is 41.4 Å². The van der Waals surface area contributed by atoms with E-state index in [9.17, 15) is 9.59 Å². The Kier molecular flexibility index (Phi) is 4.97. The van der Waals surface area contributed by atoms with E-state index in [0.717, 1.165) is 16.0 Å². The van der Waals surface area contributed by atoms with Gasteiger partial charge in [-0.1, -0.05) is 0 Å². The second-order valence-corrected chi connectivity index (χ2v) is 9.23. The first kappa shape index (κ1) is 19.8. The van der Waals surface area contributed by atoms with Crippen LogP contribution in [0.1, 0.15) is 20.2 Å². The van der Waals surface area contributed by atoms with Crippen LogP contribution in [0.4, 0.5) is 4.79 Å². The molecule has 37 heavy (non-hydrogen) atoms. The molecule has 5 heterocycles. The molecule has 3 aromatic heterocycles. The van der Waals surface area contributed by atoms with E-state index in [0.29, 0.717) is 40.6 Å². The Bertz CT molecular complexity index is 1570. The van der Waals surface area contributed by atoms with Crippen LogP contribution in [0.3, 0.4) is 0 Å². The number of nitrogens with one attached hydrogen (secondary N) is 1. The monoisotopic (exact) mass is 523 g/mol. The SMILES string of the molecule is [2H]C([2H])([2H])N(CCN1CCOC1=O)C(=O)c1nn(-c2ccsc2)c2c1COc1cc(OC)c(-c3cn[nH]c3)cc1-2.